The minimum Gasteiger partial charge on any atom is -0.494 e. The summed E-state index contributed by atoms with van der Waals surface area (Å²) in [4.78, 5) is 41.9. The average Bonchev–Trinajstić information content (AvgIpc) is 4.00. The second kappa shape index (κ2) is 36.0. The molecule has 6 aromatic carbocycles. The SMILES string of the molecule is O=C(CCCCCCCCCCOc1ccc(-c2nc(-c3ccccc3)c(-c3ccccc3)[nH]2)cc1)NCCCCCCCCCNC(=O)CCCCCCCCCCOc1ccc(-c2nc(-c3ccccc3)c(-c3ccccc3)[nH]2)cc1. The third kappa shape index (κ3) is 21.5. The van der Waals surface area contributed by atoms with Gasteiger partial charge in [0.25, 0.3) is 0 Å². The van der Waals surface area contributed by atoms with Gasteiger partial charge in [-0.3, -0.25) is 9.59 Å². The van der Waals surface area contributed by atoms with Gasteiger partial charge in [0.2, 0.25) is 11.8 Å². The van der Waals surface area contributed by atoms with E-state index in [2.05, 4.69) is 118 Å². The molecule has 0 bridgehead atoms. The van der Waals surface area contributed by atoms with Crippen LogP contribution in [0.1, 0.15) is 161 Å². The van der Waals surface area contributed by atoms with Crippen molar-refractivity contribution in [1.82, 2.24) is 30.6 Å². The Balaban J connectivity index is 0.532. The maximum Gasteiger partial charge on any atom is 0.219 e. The molecular weight excluding hydrogens is 1020 g/mol. The monoisotopic (exact) mass is 1110 g/mol. The van der Waals surface area contributed by atoms with Crippen LogP contribution in [0.4, 0.5) is 0 Å². The van der Waals surface area contributed by atoms with Crippen LogP contribution in [0, 0.1) is 0 Å². The number of carbonyl (C=O) groups is 2. The third-order valence-electron chi connectivity index (χ3n) is 15.5. The zero-order valence-corrected chi connectivity index (χ0v) is 49.2. The number of unbranched alkanes of at least 4 members (excludes halogenated alkanes) is 20. The van der Waals surface area contributed by atoms with Gasteiger partial charge in [0.15, 0.2) is 0 Å². The van der Waals surface area contributed by atoms with Crippen LogP contribution in [0.5, 0.6) is 11.5 Å². The van der Waals surface area contributed by atoms with E-state index in [0.29, 0.717) is 12.8 Å². The maximum atomic E-state index is 12.4. The highest BCUT2D eigenvalue weighted by molar-refractivity contribution is 5.83. The third-order valence-corrected chi connectivity index (χ3v) is 15.5. The first kappa shape index (κ1) is 61.4. The van der Waals surface area contributed by atoms with Gasteiger partial charge >= 0.3 is 0 Å². The van der Waals surface area contributed by atoms with Crippen LogP contribution in [-0.4, -0.2) is 58.1 Å². The Morgan fingerprint density at radius 1 is 0.313 bits per heavy atom. The van der Waals surface area contributed by atoms with Gasteiger partial charge in [-0.2, -0.15) is 0 Å². The molecule has 0 aliphatic rings. The van der Waals surface area contributed by atoms with Crippen LogP contribution in [0.15, 0.2) is 170 Å². The molecule has 0 radical (unpaired) electrons. The lowest BCUT2D eigenvalue weighted by molar-refractivity contribution is -0.122. The number of hydrogen-bond donors (Lipinski definition) is 4. The molecule has 8 rings (SSSR count). The molecule has 0 saturated carbocycles. The molecule has 10 heteroatoms. The van der Waals surface area contributed by atoms with Crippen molar-refractivity contribution in [3.05, 3.63) is 170 Å². The van der Waals surface area contributed by atoms with Crippen LogP contribution in [0.3, 0.4) is 0 Å². The molecule has 10 nitrogen and oxygen atoms in total. The van der Waals surface area contributed by atoms with Crippen molar-refractivity contribution in [3.63, 3.8) is 0 Å². The van der Waals surface area contributed by atoms with Crippen molar-refractivity contribution >= 4 is 11.8 Å². The lowest BCUT2D eigenvalue weighted by Gasteiger charge is -2.07. The summed E-state index contributed by atoms with van der Waals surface area (Å²) in [6.45, 7) is 3.01. The zero-order chi connectivity index (χ0) is 57.2. The van der Waals surface area contributed by atoms with Crippen molar-refractivity contribution in [2.75, 3.05) is 26.3 Å². The van der Waals surface area contributed by atoms with Crippen molar-refractivity contribution in [3.8, 4) is 79.3 Å². The molecule has 0 aliphatic heterocycles. The van der Waals surface area contributed by atoms with Crippen molar-refractivity contribution in [2.45, 2.75) is 161 Å². The van der Waals surface area contributed by atoms with E-state index in [1.165, 1.54) is 83.5 Å². The molecule has 0 aliphatic carbocycles. The van der Waals surface area contributed by atoms with Crippen LogP contribution in [0.25, 0.3) is 67.8 Å². The summed E-state index contributed by atoms with van der Waals surface area (Å²) in [7, 11) is 0. The van der Waals surface area contributed by atoms with Crippen molar-refractivity contribution in [1.29, 1.82) is 0 Å². The summed E-state index contributed by atoms with van der Waals surface area (Å²) < 4.78 is 12.2. The lowest BCUT2D eigenvalue weighted by Crippen LogP contribution is -2.24. The fourth-order valence-corrected chi connectivity index (χ4v) is 10.7. The number of nitrogens with one attached hydrogen (secondary N) is 4. The number of aromatic amines is 2. The van der Waals surface area contributed by atoms with E-state index >= 15 is 0 Å². The van der Waals surface area contributed by atoms with Gasteiger partial charge in [0, 0.05) is 59.3 Å². The number of H-pyrrole nitrogens is 2. The fraction of sp³-hybridized carbons (Fsp3) is 0.397. The summed E-state index contributed by atoms with van der Waals surface area (Å²) >= 11 is 0. The number of hydrogen-bond acceptors (Lipinski definition) is 6. The zero-order valence-electron chi connectivity index (χ0n) is 49.2. The number of amides is 2. The molecule has 0 atom stereocenters. The molecular formula is C73H90N6O4. The van der Waals surface area contributed by atoms with Gasteiger partial charge in [0.05, 0.1) is 36.0 Å². The Kier molecular flexibility index (Phi) is 26.6. The van der Waals surface area contributed by atoms with E-state index in [0.717, 1.165) is 170 Å². The average molecular weight is 1120 g/mol. The second-order valence-electron chi connectivity index (χ2n) is 22.2. The molecule has 0 spiro atoms. The van der Waals surface area contributed by atoms with Gasteiger partial charge in [-0.1, -0.05) is 230 Å². The summed E-state index contributed by atoms with van der Waals surface area (Å²) in [5.41, 5.74) is 10.4. The Bertz CT molecular complexity index is 2710. The van der Waals surface area contributed by atoms with E-state index in [1.807, 2.05) is 72.8 Å². The van der Waals surface area contributed by atoms with Crippen LogP contribution in [0.2, 0.25) is 0 Å². The maximum absolute atomic E-state index is 12.4. The predicted molar refractivity (Wildman–Crippen MR) is 342 cm³/mol. The second-order valence-corrected chi connectivity index (χ2v) is 22.2. The molecule has 2 aromatic heterocycles. The molecule has 8 aromatic rings. The van der Waals surface area contributed by atoms with Gasteiger partial charge in [-0.15, -0.1) is 0 Å². The molecule has 2 heterocycles. The Morgan fingerprint density at radius 2 is 0.602 bits per heavy atom. The molecule has 2 amide bonds. The molecule has 0 saturated heterocycles. The highest BCUT2D eigenvalue weighted by Crippen LogP contribution is 2.35. The summed E-state index contributed by atoms with van der Waals surface area (Å²) in [6, 6.07) is 57.9. The quantitative estimate of drug-likeness (QED) is 0.0283. The van der Waals surface area contributed by atoms with E-state index in [4.69, 9.17) is 19.4 Å². The normalized spacial score (nSPS) is 11.2. The molecule has 0 fully saturated rings. The first-order chi connectivity index (χ1) is 41.1. The molecule has 83 heavy (non-hydrogen) atoms. The van der Waals surface area contributed by atoms with Crippen molar-refractivity contribution in [2.24, 2.45) is 0 Å². The standard InChI is InChI=1S/C73H90N6O4/c80-66(44-30-12-6-1-3-10-16-34-56-82-64-50-46-62(47-51-64)72-76-68(58-36-22-18-23-37-58)69(77-72)59-38-24-19-25-39-59)74-54-32-14-8-5-9-15-33-55-75-67(81)45-31-13-7-2-4-11-17-35-57-83-65-52-48-63(49-53-65)73-78-70(60-40-26-20-27-41-60)71(79-73)61-42-28-21-29-43-61/h18-29,36-43,46-53H,1-17,30-35,44-45,54-57H2,(H,74,80)(H,75,81)(H,76,77)(H,78,79). The van der Waals surface area contributed by atoms with Gasteiger partial charge < -0.3 is 30.1 Å². The predicted octanol–water partition coefficient (Wildman–Crippen LogP) is 18.6. The minimum absolute atomic E-state index is 0.198. The van der Waals surface area contributed by atoms with Crippen LogP contribution in [-0.2, 0) is 9.59 Å². The Labute approximate surface area is 495 Å². The van der Waals surface area contributed by atoms with Crippen molar-refractivity contribution < 1.29 is 19.1 Å². The van der Waals surface area contributed by atoms with Gasteiger partial charge in [0.1, 0.15) is 23.1 Å². The van der Waals surface area contributed by atoms with Gasteiger partial charge in [-0.25, -0.2) is 9.97 Å². The number of nitrogens with zero attached hydrogens (tertiary/aromatic N) is 2. The number of imidazole rings is 2. The number of ether oxygens (including phenoxy) is 2. The summed E-state index contributed by atoms with van der Waals surface area (Å²) in [5.74, 6) is 3.85. The smallest absolute Gasteiger partial charge is 0.219 e. The van der Waals surface area contributed by atoms with Crippen LogP contribution < -0.4 is 20.1 Å². The molecule has 4 N–H and O–H groups in total. The highest BCUT2D eigenvalue weighted by Gasteiger charge is 2.17. The largest absolute Gasteiger partial charge is 0.494 e. The molecule has 0 unspecified atom stereocenters. The fourth-order valence-electron chi connectivity index (χ4n) is 10.7. The Morgan fingerprint density at radius 3 is 0.940 bits per heavy atom. The molecule has 436 valence electrons. The summed E-state index contributed by atoms with van der Waals surface area (Å²) in [5, 5.41) is 6.26. The van der Waals surface area contributed by atoms with E-state index in [9.17, 15) is 9.59 Å². The van der Waals surface area contributed by atoms with E-state index in [-0.39, 0.29) is 11.8 Å². The highest BCUT2D eigenvalue weighted by atomic mass is 16.5. The van der Waals surface area contributed by atoms with E-state index in [1.54, 1.807) is 0 Å². The number of rotatable bonds is 40. The van der Waals surface area contributed by atoms with Gasteiger partial charge in [-0.05, 0) is 87.1 Å². The first-order valence-corrected chi connectivity index (χ1v) is 31.5. The first-order valence-electron chi connectivity index (χ1n) is 31.5. The van der Waals surface area contributed by atoms with Crippen LogP contribution >= 0.6 is 0 Å². The number of carbonyl (C=O) groups excluding carboxylic acids is 2. The van der Waals surface area contributed by atoms with E-state index < -0.39 is 0 Å². The number of aromatic nitrogens is 4. The summed E-state index contributed by atoms with van der Waals surface area (Å²) in [6.07, 6.45) is 27.7. The lowest BCUT2D eigenvalue weighted by atomic mass is 10.1. The Hall–Kier alpha value is -7.72. The topological polar surface area (TPSA) is 134 Å². The minimum atomic E-state index is 0.198. The number of benzene rings is 6.